The number of methoxy groups -OCH3 is 3. The summed E-state index contributed by atoms with van der Waals surface area (Å²) in [6.45, 7) is 0.425. The lowest BCUT2D eigenvalue weighted by atomic mass is 10.1. The lowest BCUT2D eigenvalue weighted by Gasteiger charge is -2.19. The van der Waals surface area contributed by atoms with Gasteiger partial charge in [0.1, 0.15) is 17.4 Å². The zero-order valence-electron chi connectivity index (χ0n) is 19.1. The lowest BCUT2D eigenvalue weighted by Crippen LogP contribution is -2.24. The molecule has 0 atom stereocenters. The van der Waals surface area contributed by atoms with Crippen LogP contribution in [-0.2, 0) is 13.0 Å². The summed E-state index contributed by atoms with van der Waals surface area (Å²) < 4.78 is 49.3. The van der Waals surface area contributed by atoms with E-state index >= 15 is 0 Å². The summed E-state index contributed by atoms with van der Waals surface area (Å²) in [6.07, 6.45) is 0.736. The zero-order chi connectivity index (χ0) is 24.7. The van der Waals surface area contributed by atoms with E-state index in [1.165, 1.54) is 27.4 Å². The van der Waals surface area contributed by atoms with Crippen molar-refractivity contribution in [1.82, 2.24) is 5.32 Å². The van der Waals surface area contributed by atoms with Gasteiger partial charge in [-0.15, -0.1) is 0 Å². The molecule has 0 aliphatic carbocycles. The fourth-order valence-electron chi connectivity index (χ4n) is 3.43. The summed E-state index contributed by atoms with van der Waals surface area (Å²) in [5.41, 5.74) is 7.00. The topological polar surface area (TPSA) is 92.0 Å². The minimum Gasteiger partial charge on any atom is -0.492 e. The fourth-order valence-corrected chi connectivity index (χ4v) is 3.43. The minimum absolute atomic E-state index is 0.0896. The Morgan fingerprint density at radius 1 is 0.853 bits per heavy atom. The Balaban J connectivity index is 1.94. The van der Waals surface area contributed by atoms with Gasteiger partial charge in [0.2, 0.25) is 11.5 Å². The van der Waals surface area contributed by atoms with Crippen molar-refractivity contribution in [1.29, 1.82) is 0 Å². The highest BCUT2D eigenvalue weighted by Crippen LogP contribution is 2.47. The zero-order valence-corrected chi connectivity index (χ0v) is 19.1. The Kier molecular flexibility index (Phi) is 8.26. The Morgan fingerprint density at radius 2 is 1.47 bits per heavy atom. The van der Waals surface area contributed by atoms with Gasteiger partial charge in [-0.25, -0.2) is 8.78 Å². The first kappa shape index (κ1) is 24.8. The molecule has 0 heterocycles. The molecule has 1 amide bonds. The van der Waals surface area contributed by atoms with Gasteiger partial charge in [-0.1, -0.05) is 12.1 Å². The second kappa shape index (κ2) is 11.3. The van der Waals surface area contributed by atoms with Gasteiger partial charge in [-0.3, -0.25) is 4.79 Å². The highest BCUT2D eigenvalue weighted by atomic mass is 19.1. The van der Waals surface area contributed by atoms with Crippen LogP contribution in [0.25, 0.3) is 0 Å². The molecule has 9 heteroatoms. The molecule has 3 aromatic carbocycles. The molecule has 0 saturated carbocycles. The van der Waals surface area contributed by atoms with Gasteiger partial charge in [-0.05, 0) is 48.4 Å². The number of amides is 1. The van der Waals surface area contributed by atoms with E-state index in [0.29, 0.717) is 12.3 Å². The summed E-state index contributed by atoms with van der Waals surface area (Å²) >= 11 is 0. The number of benzene rings is 3. The summed E-state index contributed by atoms with van der Waals surface area (Å²) in [5.74, 6) is -0.805. The van der Waals surface area contributed by atoms with Crippen LogP contribution in [0.15, 0.2) is 48.5 Å². The third-order valence-corrected chi connectivity index (χ3v) is 4.97. The van der Waals surface area contributed by atoms with Crippen molar-refractivity contribution in [2.24, 2.45) is 5.73 Å². The molecule has 3 rings (SSSR count). The number of hydrogen-bond acceptors (Lipinski definition) is 6. The van der Waals surface area contributed by atoms with E-state index in [1.54, 1.807) is 12.1 Å². The smallest absolute Gasteiger partial charge is 0.255 e. The average Bonchev–Trinajstić information content (AvgIpc) is 2.82. The number of carbonyl (C=O) groups excluding carboxylic acids is 1. The van der Waals surface area contributed by atoms with Crippen LogP contribution in [0.4, 0.5) is 8.78 Å². The van der Waals surface area contributed by atoms with Gasteiger partial charge in [-0.2, -0.15) is 0 Å². The van der Waals surface area contributed by atoms with Crippen molar-refractivity contribution < 1.29 is 32.5 Å². The van der Waals surface area contributed by atoms with Crippen LogP contribution >= 0.6 is 0 Å². The Labute approximate surface area is 196 Å². The minimum atomic E-state index is -0.735. The molecule has 3 N–H and O–H groups in total. The maximum atomic E-state index is 13.5. The van der Waals surface area contributed by atoms with E-state index in [1.807, 2.05) is 12.1 Å². The van der Waals surface area contributed by atoms with Crippen LogP contribution in [0.1, 0.15) is 21.5 Å². The predicted octanol–water partition coefficient (Wildman–Crippen LogP) is 4.21. The largest absolute Gasteiger partial charge is 0.492 e. The molecule has 0 spiro atoms. The van der Waals surface area contributed by atoms with Gasteiger partial charge in [0.25, 0.3) is 5.91 Å². The second-order valence-corrected chi connectivity index (χ2v) is 7.27. The van der Waals surface area contributed by atoms with Crippen molar-refractivity contribution in [3.63, 3.8) is 0 Å². The van der Waals surface area contributed by atoms with E-state index in [2.05, 4.69) is 5.32 Å². The van der Waals surface area contributed by atoms with E-state index in [9.17, 15) is 13.6 Å². The van der Waals surface area contributed by atoms with Crippen LogP contribution in [0.3, 0.4) is 0 Å². The molecule has 3 aromatic rings. The van der Waals surface area contributed by atoms with Crippen LogP contribution in [0.2, 0.25) is 0 Å². The second-order valence-electron chi connectivity index (χ2n) is 7.27. The first-order chi connectivity index (χ1) is 16.4. The third kappa shape index (κ3) is 5.74. The molecule has 180 valence electrons. The maximum Gasteiger partial charge on any atom is 0.255 e. The maximum absolute atomic E-state index is 13.5. The summed E-state index contributed by atoms with van der Waals surface area (Å²) in [5, 5.41) is 2.63. The average molecular weight is 472 g/mol. The molecule has 0 aromatic heterocycles. The number of carbonyl (C=O) groups is 1. The van der Waals surface area contributed by atoms with Crippen molar-refractivity contribution >= 4 is 5.91 Å². The fraction of sp³-hybridized carbons (Fsp3) is 0.240. The van der Waals surface area contributed by atoms with E-state index in [4.69, 9.17) is 24.7 Å². The molecule has 0 unspecified atom stereocenters. The first-order valence-electron chi connectivity index (χ1n) is 10.4. The van der Waals surface area contributed by atoms with Crippen LogP contribution in [0.5, 0.6) is 28.7 Å². The number of nitrogens with two attached hydrogens (primary N) is 1. The number of rotatable bonds is 10. The molecule has 0 radical (unpaired) electrons. The number of nitrogens with one attached hydrogen (secondary N) is 1. The summed E-state index contributed by atoms with van der Waals surface area (Å²) in [6, 6.07) is 11.8. The van der Waals surface area contributed by atoms with Gasteiger partial charge in [0.15, 0.2) is 11.5 Å². The van der Waals surface area contributed by atoms with E-state index in [-0.39, 0.29) is 40.7 Å². The number of ether oxygens (including phenoxy) is 4. The molecule has 34 heavy (non-hydrogen) atoms. The SMILES string of the molecule is COc1c(Oc2ccc(CCN)cc2)cc(C(=O)NCc2cc(F)cc(F)c2)c(OC)c1OC. The number of hydrogen-bond donors (Lipinski definition) is 2. The predicted molar refractivity (Wildman–Crippen MR) is 123 cm³/mol. The van der Waals surface area contributed by atoms with Crippen LogP contribution in [0, 0.1) is 11.6 Å². The van der Waals surface area contributed by atoms with E-state index in [0.717, 1.165) is 30.2 Å². The molecule has 0 fully saturated rings. The Bertz CT molecular complexity index is 1130. The van der Waals surface area contributed by atoms with Gasteiger partial charge >= 0.3 is 0 Å². The Hall–Kier alpha value is -3.85. The van der Waals surface area contributed by atoms with Crippen LogP contribution in [-0.4, -0.2) is 33.8 Å². The normalized spacial score (nSPS) is 10.5. The lowest BCUT2D eigenvalue weighted by molar-refractivity contribution is 0.0946. The summed E-state index contributed by atoms with van der Waals surface area (Å²) in [7, 11) is 4.22. The molecule has 0 aliphatic heterocycles. The van der Waals surface area contributed by atoms with Crippen molar-refractivity contribution in [2.75, 3.05) is 27.9 Å². The van der Waals surface area contributed by atoms with Crippen LogP contribution < -0.4 is 30.0 Å². The molecule has 0 bridgehead atoms. The van der Waals surface area contributed by atoms with Crippen molar-refractivity contribution in [2.45, 2.75) is 13.0 Å². The highest BCUT2D eigenvalue weighted by molar-refractivity contribution is 5.99. The number of halogens is 2. The molecule has 7 nitrogen and oxygen atoms in total. The van der Waals surface area contributed by atoms with E-state index < -0.39 is 17.5 Å². The quantitative estimate of drug-likeness (QED) is 0.459. The monoisotopic (exact) mass is 472 g/mol. The highest BCUT2D eigenvalue weighted by Gasteiger charge is 2.26. The first-order valence-corrected chi connectivity index (χ1v) is 10.4. The van der Waals surface area contributed by atoms with Gasteiger partial charge in [0.05, 0.1) is 26.9 Å². The van der Waals surface area contributed by atoms with Crippen molar-refractivity contribution in [3.05, 3.63) is 76.9 Å². The third-order valence-electron chi connectivity index (χ3n) is 4.97. The molecule has 0 saturated heterocycles. The molecular formula is C25H26F2N2O5. The Morgan fingerprint density at radius 3 is 2.03 bits per heavy atom. The van der Waals surface area contributed by atoms with Gasteiger partial charge in [0, 0.05) is 18.7 Å². The van der Waals surface area contributed by atoms with Gasteiger partial charge < -0.3 is 30.0 Å². The van der Waals surface area contributed by atoms with Crippen molar-refractivity contribution in [3.8, 4) is 28.7 Å². The molecular weight excluding hydrogens is 446 g/mol. The summed E-state index contributed by atoms with van der Waals surface area (Å²) in [4.78, 5) is 13.0. The molecule has 0 aliphatic rings. The standard InChI is InChI=1S/C25H26F2N2O5/c1-31-22-20(25(30)29-14-16-10-17(26)12-18(27)11-16)13-21(23(32-2)24(22)33-3)34-19-6-4-15(5-7-19)8-9-28/h4-7,10-13H,8-9,14,28H2,1-3H3,(H,29,30).